The number of carbonyl (C=O) groups excluding carboxylic acids is 2. The van der Waals surface area contributed by atoms with Crippen molar-refractivity contribution in [1.82, 2.24) is 5.32 Å². The molecular weight excluding hydrogens is 422 g/mol. The number of hydrogen-bond acceptors (Lipinski definition) is 6. The maximum absolute atomic E-state index is 12.3. The average Bonchev–Trinajstić information content (AvgIpc) is 3.13. The zero-order chi connectivity index (χ0) is 24.2. The van der Waals surface area contributed by atoms with Crippen LogP contribution in [0.25, 0.3) is 0 Å². The first kappa shape index (κ1) is 24.9. The summed E-state index contributed by atoms with van der Waals surface area (Å²) in [6.07, 6.45) is 6.69. The zero-order valence-electron chi connectivity index (χ0n) is 20.4. The van der Waals surface area contributed by atoms with E-state index in [1.165, 1.54) is 0 Å². The highest BCUT2D eigenvalue weighted by Crippen LogP contribution is 2.69. The van der Waals surface area contributed by atoms with E-state index in [-0.39, 0.29) is 47.5 Å². The monoisotopic (exact) mass is 464 g/mol. The summed E-state index contributed by atoms with van der Waals surface area (Å²) in [5.41, 5.74) is -1.24. The predicted molar refractivity (Wildman–Crippen MR) is 120 cm³/mol. The molecular formula is C26H42NO6-. The molecule has 5 unspecified atom stereocenters. The number of hydrogen-bond donors (Lipinski definition) is 4. The number of aliphatic hydroxyl groups is 3. The van der Waals surface area contributed by atoms with Gasteiger partial charge in [0.15, 0.2) is 0 Å². The number of nitrogens with one attached hydrogen (secondary N) is 1. The van der Waals surface area contributed by atoms with Gasteiger partial charge in [0.25, 0.3) is 0 Å². The molecule has 10 atom stereocenters. The molecule has 4 saturated carbocycles. The maximum atomic E-state index is 12.3. The molecule has 188 valence electrons. The first-order chi connectivity index (χ1) is 15.4. The Morgan fingerprint density at radius 3 is 2.48 bits per heavy atom. The van der Waals surface area contributed by atoms with E-state index < -0.39 is 29.6 Å². The second-order valence-electron chi connectivity index (χ2n) is 12.2. The van der Waals surface area contributed by atoms with Crippen molar-refractivity contribution in [3.05, 3.63) is 0 Å². The second-order valence-corrected chi connectivity index (χ2v) is 12.2. The van der Waals surface area contributed by atoms with Gasteiger partial charge in [-0.15, -0.1) is 0 Å². The maximum Gasteiger partial charge on any atom is 0.220 e. The number of rotatable bonds is 6. The van der Waals surface area contributed by atoms with Crippen molar-refractivity contribution in [1.29, 1.82) is 0 Å². The third-order valence-electron chi connectivity index (χ3n) is 10.8. The fourth-order valence-electron chi connectivity index (χ4n) is 9.03. The van der Waals surface area contributed by atoms with Crippen LogP contribution in [0.1, 0.15) is 85.0 Å². The van der Waals surface area contributed by atoms with Crippen LogP contribution in [0.3, 0.4) is 0 Å². The van der Waals surface area contributed by atoms with Crippen molar-refractivity contribution in [3.63, 3.8) is 0 Å². The van der Waals surface area contributed by atoms with E-state index in [9.17, 15) is 30.0 Å². The first-order valence-electron chi connectivity index (χ1n) is 13.0. The Bertz CT molecular complexity index is 774. The van der Waals surface area contributed by atoms with Gasteiger partial charge in [-0.1, -0.05) is 20.8 Å². The van der Waals surface area contributed by atoms with Crippen LogP contribution in [0.15, 0.2) is 0 Å². The van der Waals surface area contributed by atoms with Crippen LogP contribution in [0.2, 0.25) is 0 Å². The van der Waals surface area contributed by atoms with E-state index in [1.807, 2.05) is 0 Å². The highest BCUT2D eigenvalue weighted by Gasteiger charge is 2.69. The molecule has 0 aromatic carbocycles. The van der Waals surface area contributed by atoms with E-state index in [0.717, 1.165) is 44.9 Å². The van der Waals surface area contributed by atoms with E-state index in [4.69, 9.17) is 0 Å². The van der Waals surface area contributed by atoms with Crippen molar-refractivity contribution in [3.8, 4) is 0 Å². The topological polar surface area (TPSA) is 130 Å². The molecule has 33 heavy (non-hydrogen) atoms. The van der Waals surface area contributed by atoms with E-state index in [1.54, 1.807) is 0 Å². The number of aliphatic hydroxyl groups excluding tert-OH is 2. The summed E-state index contributed by atoms with van der Waals surface area (Å²) in [5, 5.41) is 47.0. The van der Waals surface area contributed by atoms with E-state index >= 15 is 0 Å². The van der Waals surface area contributed by atoms with Gasteiger partial charge < -0.3 is 30.5 Å². The molecule has 4 aliphatic carbocycles. The Morgan fingerprint density at radius 2 is 1.79 bits per heavy atom. The van der Waals surface area contributed by atoms with Crippen molar-refractivity contribution in [2.45, 2.75) is 103 Å². The van der Waals surface area contributed by atoms with Gasteiger partial charge in [0, 0.05) is 11.8 Å². The molecule has 4 rings (SSSR count). The summed E-state index contributed by atoms with van der Waals surface area (Å²) < 4.78 is 0. The molecule has 0 saturated heterocycles. The summed E-state index contributed by atoms with van der Waals surface area (Å²) in [5.74, 6) is -0.725. The fraction of sp³-hybridized carbons (Fsp3) is 0.923. The van der Waals surface area contributed by atoms with Gasteiger partial charge in [-0.2, -0.15) is 0 Å². The molecule has 0 spiro atoms. The SMILES string of the molecule is CC(CCC(=O)NCC(=O)[O-])C1CCC2[C@@]3(O)CCC4C[C@H](O)CC[C@]4(C)C3C[C@H](O)[C@]12C. The molecule has 0 aliphatic heterocycles. The lowest BCUT2D eigenvalue weighted by molar-refractivity contribution is -0.304. The Balaban J connectivity index is 1.50. The van der Waals surface area contributed by atoms with Gasteiger partial charge >= 0.3 is 0 Å². The highest BCUT2D eigenvalue weighted by atomic mass is 16.4. The summed E-state index contributed by atoms with van der Waals surface area (Å²) in [6.45, 7) is 6.09. The van der Waals surface area contributed by atoms with Gasteiger partial charge in [0.05, 0.1) is 30.3 Å². The molecule has 0 aromatic heterocycles. The molecule has 4 aliphatic rings. The van der Waals surface area contributed by atoms with Gasteiger partial charge in [-0.05, 0) is 92.8 Å². The number of aliphatic carboxylic acids is 1. The second kappa shape index (κ2) is 8.80. The molecule has 0 aromatic rings. The van der Waals surface area contributed by atoms with Crippen LogP contribution in [-0.4, -0.2) is 51.5 Å². The third kappa shape index (κ3) is 4.02. The molecule has 0 radical (unpaired) electrons. The minimum absolute atomic E-state index is 0.0303. The first-order valence-corrected chi connectivity index (χ1v) is 13.0. The lowest BCUT2D eigenvalue weighted by Crippen LogP contribution is -2.67. The lowest BCUT2D eigenvalue weighted by atomic mass is 9.42. The quantitative estimate of drug-likeness (QED) is 0.470. The summed E-state index contributed by atoms with van der Waals surface area (Å²) in [6, 6.07) is 0. The van der Waals surface area contributed by atoms with Gasteiger partial charge in [-0.3, -0.25) is 4.79 Å². The molecule has 4 fully saturated rings. The van der Waals surface area contributed by atoms with E-state index in [0.29, 0.717) is 18.8 Å². The van der Waals surface area contributed by atoms with Crippen molar-refractivity contribution >= 4 is 11.9 Å². The van der Waals surface area contributed by atoms with Crippen molar-refractivity contribution < 1.29 is 30.0 Å². The summed E-state index contributed by atoms with van der Waals surface area (Å²) >= 11 is 0. The van der Waals surface area contributed by atoms with Crippen LogP contribution >= 0.6 is 0 Å². The molecule has 1 amide bonds. The molecule has 4 N–H and O–H groups in total. The molecule has 0 bridgehead atoms. The van der Waals surface area contributed by atoms with E-state index in [2.05, 4.69) is 26.1 Å². The van der Waals surface area contributed by atoms with Gasteiger partial charge in [0.1, 0.15) is 0 Å². The molecule has 7 nitrogen and oxygen atoms in total. The van der Waals surface area contributed by atoms with Crippen LogP contribution in [-0.2, 0) is 9.59 Å². The van der Waals surface area contributed by atoms with Gasteiger partial charge in [-0.25, -0.2) is 0 Å². The third-order valence-corrected chi connectivity index (χ3v) is 10.8. The van der Waals surface area contributed by atoms with Crippen LogP contribution < -0.4 is 10.4 Å². The number of carboxylic acid groups (broad SMARTS) is 1. The van der Waals surface area contributed by atoms with Crippen LogP contribution in [0.4, 0.5) is 0 Å². The zero-order valence-corrected chi connectivity index (χ0v) is 20.4. The number of amides is 1. The number of fused-ring (bicyclic) bond motifs is 5. The highest BCUT2D eigenvalue weighted by molar-refractivity contribution is 5.80. The molecule has 0 heterocycles. The Labute approximate surface area is 197 Å². The standard InChI is InChI=1S/C26H43NO6/c1-15(4-7-22(30)27-14-23(31)32)18-5-6-19-25(18,3)21(29)13-20-24(2)10-9-17(28)12-16(24)8-11-26(19,20)33/h15-21,28-29,33H,4-14H2,1-3H3,(H,27,30)(H,31,32)/p-1/t15?,16?,17-,18?,19?,20?,21+,24+,25-,26+/m1/s1. The lowest BCUT2D eigenvalue weighted by Gasteiger charge is -2.65. The summed E-state index contributed by atoms with van der Waals surface area (Å²) in [4.78, 5) is 22.6. The predicted octanol–water partition coefficient (Wildman–Crippen LogP) is 1.37. The molecule has 7 heteroatoms. The average molecular weight is 465 g/mol. The smallest absolute Gasteiger partial charge is 0.220 e. The minimum Gasteiger partial charge on any atom is -0.548 e. The fourth-order valence-corrected chi connectivity index (χ4v) is 9.03. The van der Waals surface area contributed by atoms with Crippen molar-refractivity contribution in [2.24, 2.45) is 40.4 Å². The Hall–Kier alpha value is -1.18. The Morgan fingerprint density at radius 1 is 1.06 bits per heavy atom. The van der Waals surface area contributed by atoms with Crippen LogP contribution in [0.5, 0.6) is 0 Å². The number of carboxylic acids is 1. The minimum atomic E-state index is -1.30. The van der Waals surface area contributed by atoms with Crippen molar-refractivity contribution in [2.75, 3.05) is 6.54 Å². The summed E-state index contributed by atoms with van der Waals surface area (Å²) in [7, 11) is 0. The largest absolute Gasteiger partial charge is 0.548 e. The normalized spacial score (nSPS) is 47.7. The Kier molecular flexibility index (Phi) is 6.64. The van der Waals surface area contributed by atoms with Gasteiger partial charge in [0.2, 0.25) is 5.91 Å². The van der Waals surface area contributed by atoms with Crippen LogP contribution in [0, 0.1) is 40.4 Å². The number of carbonyl (C=O) groups is 2.